The molecule has 0 bridgehead atoms. The van der Waals surface area contributed by atoms with Gasteiger partial charge in [-0.25, -0.2) is 16.8 Å². The van der Waals surface area contributed by atoms with Gasteiger partial charge in [-0.15, -0.1) is 0 Å². The van der Waals surface area contributed by atoms with Crippen LogP contribution < -0.4 is 0 Å². The van der Waals surface area contributed by atoms with Crippen LogP contribution in [-0.2, 0) is 19.7 Å². The van der Waals surface area contributed by atoms with Crippen molar-refractivity contribution in [3.63, 3.8) is 0 Å². The van der Waals surface area contributed by atoms with Crippen molar-refractivity contribution in [2.24, 2.45) is 0 Å². The number of benzene rings is 3. The predicted octanol–water partition coefficient (Wildman–Crippen LogP) is 5.25. The molecule has 0 saturated heterocycles. The van der Waals surface area contributed by atoms with Crippen molar-refractivity contribution in [1.82, 2.24) is 0 Å². The maximum atomic E-state index is 13.1. The summed E-state index contributed by atoms with van der Waals surface area (Å²) < 4.78 is 52.3. The third-order valence-electron chi connectivity index (χ3n) is 4.03. The van der Waals surface area contributed by atoms with Crippen LogP contribution in [0.1, 0.15) is 5.56 Å². The van der Waals surface area contributed by atoms with Crippen LogP contribution in [0.25, 0.3) is 6.08 Å². The van der Waals surface area contributed by atoms with Gasteiger partial charge in [-0.05, 0) is 54.1 Å². The van der Waals surface area contributed by atoms with Gasteiger partial charge in [0.1, 0.15) is 0 Å². The lowest BCUT2D eigenvalue weighted by Gasteiger charge is -2.07. The summed E-state index contributed by atoms with van der Waals surface area (Å²) in [6, 6.07) is 22.8. The number of hydrogen-bond acceptors (Lipinski definition) is 4. The van der Waals surface area contributed by atoms with Crippen LogP contribution in [0.3, 0.4) is 0 Å². The third-order valence-corrected chi connectivity index (χ3v) is 7.75. The Morgan fingerprint density at radius 1 is 0.690 bits per heavy atom. The summed E-state index contributed by atoms with van der Waals surface area (Å²) in [6.45, 7) is 0. The molecule has 3 rings (SSSR count). The Labute approximate surface area is 179 Å². The van der Waals surface area contributed by atoms with Gasteiger partial charge in [0, 0.05) is 9.88 Å². The van der Waals surface area contributed by atoms with Gasteiger partial charge in [-0.2, -0.15) is 0 Å². The second kappa shape index (κ2) is 8.90. The zero-order valence-electron chi connectivity index (χ0n) is 15.1. The Morgan fingerprint density at radius 3 is 1.76 bits per heavy atom. The Hall–Kier alpha value is -2.48. The van der Waals surface area contributed by atoms with Gasteiger partial charge in [-0.3, -0.25) is 0 Å². The van der Waals surface area contributed by atoms with Crippen molar-refractivity contribution in [2.45, 2.75) is 9.79 Å². The largest absolute Gasteiger partial charge is 0.219 e. The van der Waals surface area contributed by atoms with E-state index in [0.717, 1.165) is 16.0 Å². The molecule has 0 amide bonds. The summed E-state index contributed by atoms with van der Waals surface area (Å²) in [7, 11) is -7.71. The van der Waals surface area contributed by atoms with Crippen LogP contribution in [0.4, 0.5) is 0 Å². The fraction of sp³-hybridized carbons (Fsp3) is 0. The maximum Gasteiger partial charge on any atom is 0.206 e. The maximum absolute atomic E-state index is 13.1. The third kappa shape index (κ3) is 5.32. The summed E-state index contributed by atoms with van der Waals surface area (Å²) in [5, 5.41) is 0.924. The molecule has 0 aliphatic heterocycles. The SMILES string of the molecule is O=S(=O)(/C=C/C(=C\c1ccc(Br)cc1)S(=O)(=O)c1ccccc1)c1ccccc1. The summed E-state index contributed by atoms with van der Waals surface area (Å²) in [6.07, 6.45) is 2.58. The van der Waals surface area contributed by atoms with E-state index in [1.54, 1.807) is 60.7 Å². The fourth-order valence-electron chi connectivity index (χ4n) is 2.52. The average Bonchev–Trinajstić information content (AvgIpc) is 2.73. The number of halogens is 1. The summed E-state index contributed by atoms with van der Waals surface area (Å²) in [4.78, 5) is 0.0620. The summed E-state index contributed by atoms with van der Waals surface area (Å²) in [5.74, 6) is 0. The number of allylic oxidation sites excluding steroid dienone is 1. The highest BCUT2D eigenvalue weighted by atomic mass is 79.9. The van der Waals surface area contributed by atoms with E-state index < -0.39 is 19.7 Å². The second-order valence-corrected chi connectivity index (χ2v) is 10.8. The molecule has 148 valence electrons. The lowest BCUT2D eigenvalue weighted by molar-refractivity contribution is 0.603. The number of hydrogen-bond donors (Lipinski definition) is 0. The van der Waals surface area contributed by atoms with Crippen LogP contribution in [0.15, 0.2) is 116 Å². The summed E-state index contributed by atoms with van der Waals surface area (Å²) >= 11 is 3.34. The first-order valence-corrected chi connectivity index (χ1v) is 12.4. The standard InChI is InChI=1S/C22H17BrO4S2/c23-19-13-11-18(12-14-19)17-22(29(26,27)21-9-5-2-6-10-21)15-16-28(24,25)20-7-3-1-4-8-20/h1-17H/b16-15+,22-17+. The lowest BCUT2D eigenvalue weighted by atomic mass is 10.2. The van der Waals surface area contributed by atoms with Gasteiger partial charge < -0.3 is 0 Å². The molecule has 0 heterocycles. The molecule has 4 nitrogen and oxygen atoms in total. The van der Waals surface area contributed by atoms with Crippen LogP contribution in [-0.4, -0.2) is 16.8 Å². The molecule has 29 heavy (non-hydrogen) atoms. The van der Waals surface area contributed by atoms with E-state index in [0.29, 0.717) is 5.56 Å². The molecule has 7 heteroatoms. The van der Waals surface area contributed by atoms with Crippen molar-refractivity contribution < 1.29 is 16.8 Å². The van der Waals surface area contributed by atoms with Gasteiger partial charge in [0.05, 0.1) is 14.7 Å². The molecule has 0 atom stereocenters. The first kappa shape index (κ1) is 21.2. The van der Waals surface area contributed by atoms with Crippen molar-refractivity contribution >= 4 is 41.7 Å². The first-order chi connectivity index (χ1) is 13.8. The molecular formula is C22H17BrO4S2. The van der Waals surface area contributed by atoms with E-state index in [1.165, 1.54) is 30.3 Å². The minimum absolute atomic E-state index is 0.0881. The molecule has 0 radical (unpaired) electrons. The lowest BCUT2D eigenvalue weighted by Crippen LogP contribution is -2.04. The normalized spacial score (nSPS) is 12.9. The van der Waals surface area contributed by atoms with E-state index in [2.05, 4.69) is 15.9 Å². The highest BCUT2D eigenvalue weighted by molar-refractivity contribution is 9.10. The van der Waals surface area contributed by atoms with Crippen LogP contribution in [0, 0.1) is 0 Å². The minimum Gasteiger partial charge on any atom is -0.219 e. The molecule has 0 aromatic heterocycles. The Bertz CT molecular complexity index is 1250. The molecule has 0 aliphatic rings. The zero-order valence-corrected chi connectivity index (χ0v) is 18.4. The van der Waals surface area contributed by atoms with Gasteiger partial charge in [0.15, 0.2) is 9.84 Å². The van der Waals surface area contributed by atoms with E-state index in [-0.39, 0.29) is 14.7 Å². The first-order valence-electron chi connectivity index (χ1n) is 8.55. The molecule has 0 saturated carbocycles. The fourth-order valence-corrected chi connectivity index (χ4v) is 5.22. The van der Waals surface area contributed by atoms with E-state index in [4.69, 9.17) is 0 Å². The molecular weight excluding hydrogens is 472 g/mol. The quantitative estimate of drug-likeness (QED) is 0.444. The highest BCUT2D eigenvalue weighted by Crippen LogP contribution is 2.24. The molecule has 3 aromatic rings. The van der Waals surface area contributed by atoms with Crippen LogP contribution in [0.5, 0.6) is 0 Å². The van der Waals surface area contributed by atoms with Crippen LogP contribution in [0.2, 0.25) is 0 Å². The highest BCUT2D eigenvalue weighted by Gasteiger charge is 2.20. The van der Waals surface area contributed by atoms with Gasteiger partial charge in [-0.1, -0.05) is 64.5 Å². The molecule has 0 aliphatic carbocycles. The number of sulfone groups is 2. The molecule has 3 aromatic carbocycles. The zero-order chi connectivity index (χ0) is 20.9. The molecule has 0 N–H and O–H groups in total. The second-order valence-electron chi connectivity index (χ2n) is 6.08. The van der Waals surface area contributed by atoms with Crippen molar-refractivity contribution in [1.29, 1.82) is 0 Å². The topological polar surface area (TPSA) is 68.3 Å². The van der Waals surface area contributed by atoms with Crippen molar-refractivity contribution in [3.8, 4) is 0 Å². The van der Waals surface area contributed by atoms with Gasteiger partial charge >= 0.3 is 0 Å². The van der Waals surface area contributed by atoms with E-state index >= 15 is 0 Å². The average molecular weight is 489 g/mol. The van der Waals surface area contributed by atoms with Crippen molar-refractivity contribution in [3.05, 3.63) is 111 Å². The Kier molecular flexibility index (Phi) is 6.52. The Balaban J connectivity index is 2.10. The Morgan fingerprint density at radius 2 is 1.21 bits per heavy atom. The molecule has 0 fully saturated rings. The van der Waals surface area contributed by atoms with Crippen molar-refractivity contribution in [2.75, 3.05) is 0 Å². The smallest absolute Gasteiger partial charge is 0.206 e. The summed E-state index contributed by atoms with van der Waals surface area (Å²) in [5.41, 5.74) is 0.629. The van der Waals surface area contributed by atoms with E-state index in [9.17, 15) is 16.8 Å². The monoisotopic (exact) mass is 488 g/mol. The molecule has 0 unspecified atom stereocenters. The van der Waals surface area contributed by atoms with Gasteiger partial charge in [0.25, 0.3) is 0 Å². The van der Waals surface area contributed by atoms with Crippen LogP contribution >= 0.6 is 15.9 Å². The molecule has 0 spiro atoms. The predicted molar refractivity (Wildman–Crippen MR) is 119 cm³/mol. The minimum atomic E-state index is -3.92. The van der Waals surface area contributed by atoms with E-state index in [1.807, 2.05) is 0 Å². The van der Waals surface area contributed by atoms with Gasteiger partial charge in [0.2, 0.25) is 9.84 Å². The number of rotatable bonds is 6.